The minimum atomic E-state index is -0.964. The van der Waals surface area contributed by atoms with E-state index in [9.17, 15) is 4.79 Å². The minimum Gasteiger partial charge on any atom is -0.524 e. The summed E-state index contributed by atoms with van der Waals surface area (Å²) in [6.07, 6.45) is 0.907. The molecule has 1 aliphatic rings. The molecule has 5 nitrogen and oxygen atoms in total. The second-order valence-corrected chi connectivity index (χ2v) is 3.10. The van der Waals surface area contributed by atoms with Crippen LogP contribution in [0.5, 0.6) is 0 Å². The number of likely N-dealkylation sites (N-methyl/N-ethyl adjacent to an activating group) is 1. The topological polar surface area (TPSA) is 72.7 Å². The molecule has 0 saturated carbocycles. The summed E-state index contributed by atoms with van der Waals surface area (Å²) in [4.78, 5) is 11.5. The van der Waals surface area contributed by atoms with Crippen molar-refractivity contribution in [2.45, 2.75) is 25.3 Å². The van der Waals surface area contributed by atoms with Gasteiger partial charge in [-0.1, -0.05) is 0 Å². The van der Waals surface area contributed by atoms with E-state index in [0.717, 1.165) is 0 Å². The van der Waals surface area contributed by atoms with Gasteiger partial charge in [-0.2, -0.15) is 0 Å². The fourth-order valence-electron chi connectivity index (χ4n) is 1.41. The van der Waals surface area contributed by atoms with Gasteiger partial charge in [0.25, 0.3) is 0 Å². The van der Waals surface area contributed by atoms with Crippen molar-refractivity contribution in [2.24, 2.45) is 0 Å². The summed E-state index contributed by atoms with van der Waals surface area (Å²) in [6.45, 7) is 3.33. The Balaban J connectivity index is 0.00000169. The van der Waals surface area contributed by atoms with Gasteiger partial charge in [-0.15, -0.1) is 0 Å². The Labute approximate surface area is 133 Å². The Kier molecular flexibility index (Phi) is 8.05. The maximum atomic E-state index is 11.5. The summed E-state index contributed by atoms with van der Waals surface area (Å²) < 4.78 is 5.10. The molecule has 14 heavy (non-hydrogen) atoms. The molecule has 2 N–H and O–H groups in total. The fourth-order valence-corrected chi connectivity index (χ4v) is 1.41. The molecule has 76 valence electrons. The average Bonchev–Trinajstić information content (AvgIpc) is 2.19. The Bertz CT molecular complexity index is 183. The number of hydrogen-bond acceptors (Lipinski definition) is 3. The van der Waals surface area contributed by atoms with E-state index in [2.05, 4.69) is 10.8 Å². The molecule has 1 rings (SSSR count). The van der Waals surface area contributed by atoms with E-state index in [-0.39, 0.29) is 64.1 Å². The molecule has 0 aromatic rings. The van der Waals surface area contributed by atoms with Crippen LogP contribution >= 0.6 is 0 Å². The van der Waals surface area contributed by atoms with Crippen LogP contribution in [0, 0.1) is 0 Å². The smallest absolute Gasteiger partial charge is 0.524 e. The molecule has 0 unspecified atom stereocenters. The summed E-state index contributed by atoms with van der Waals surface area (Å²) in [7, 11) is 0. The van der Waals surface area contributed by atoms with Crippen molar-refractivity contribution in [1.29, 1.82) is 0 Å². The van der Waals surface area contributed by atoms with Crippen LogP contribution in [-0.2, 0) is 9.53 Å². The summed E-state index contributed by atoms with van der Waals surface area (Å²) in [6, 6.07) is 0. The molecular formula is C8H15N2O3Rb. The number of rotatable bonds is 3. The predicted octanol–water partition coefficient (Wildman–Crippen LogP) is -2.56. The third-order valence-electron chi connectivity index (χ3n) is 2.27. The standard InChI is InChI=1S/C8H15N2O3.Rb/c1-2-9-7(11)8(10-12)3-5-13-6-4-8;/h12H,2-6H2,1H3,(H,9,11);/q-1;+1. The molecule has 6 heteroatoms. The van der Waals surface area contributed by atoms with E-state index in [1.54, 1.807) is 0 Å². The number of nitrogens with zero attached hydrogens (tertiary/aromatic N) is 1. The largest absolute Gasteiger partial charge is 1.00 e. The maximum absolute atomic E-state index is 11.5. The van der Waals surface area contributed by atoms with Crippen molar-refractivity contribution in [1.82, 2.24) is 5.32 Å². The summed E-state index contributed by atoms with van der Waals surface area (Å²) in [5.41, 5.74) is 2.24. The quantitative estimate of drug-likeness (QED) is 0.555. The molecule has 1 amide bonds. The third kappa shape index (κ3) is 3.63. The van der Waals surface area contributed by atoms with E-state index in [0.29, 0.717) is 32.6 Å². The molecule has 0 aromatic heterocycles. The van der Waals surface area contributed by atoms with Crippen molar-refractivity contribution in [3.8, 4) is 0 Å². The van der Waals surface area contributed by atoms with Crippen molar-refractivity contribution >= 4 is 5.91 Å². The Hall–Kier alpha value is 1.16. The van der Waals surface area contributed by atoms with Gasteiger partial charge in [0.05, 0.1) is 0 Å². The van der Waals surface area contributed by atoms with Crippen LogP contribution in [0.25, 0.3) is 5.48 Å². The maximum Gasteiger partial charge on any atom is 1.00 e. The molecule has 0 radical (unpaired) electrons. The molecule has 1 fully saturated rings. The van der Waals surface area contributed by atoms with Crippen LogP contribution in [0.15, 0.2) is 0 Å². The fraction of sp³-hybridized carbons (Fsp3) is 0.875. The molecular weight excluding hydrogens is 258 g/mol. The van der Waals surface area contributed by atoms with Gasteiger partial charge in [0, 0.05) is 19.8 Å². The summed E-state index contributed by atoms with van der Waals surface area (Å²) >= 11 is 0. The number of hydroxylamine groups is 1. The van der Waals surface area contributed by atoms with E-state index in [1.807, 2.05) is 6.92 Å². The zero-order chi connectivity index (χ0) is 9.73. The van der Waals surface area contributed by atoms with Gasteiger partial charge in [0.15, 0.2) is 0 Å². The predicted molar refractivity (Wildman–Crippen MR) is 46.6 cm³/mol. The van der Waals surface area contributed by atoms with Gasteiger partial charge in [-0.05, 0) is 25.3 Å². The molecule has 1 aliphatic heterocycles. The van der Waals surface area contributed by atoms with Gasteiger partial charge in [0.1, 0.15) is 0 Å². The van der Waals surface area contributed by atoms with Crippen LogP contribution < -0.4 is 63.5 Å². The van der Waals surface area contributed by atoms with Crippen LogP contribution in [0.3, 0.4) is 0 Å². The monoisotopic (exact) mass is 272 g/mol. The minimum absolute atomic E-state index is 0. The number of carbonyl (C=O) groups is 1. The second-order valence-electron chi connectivity index (χ2n) is 3.10. The SMILES string of the molecule is CCNC(=O)C1([N-]O)CCOCC1.[Rb+]. The van der Waals surface area contributed by atoms with Crippen LogP contribution in [0.2, 0.25) is 0 Å². The van der Waals surface area contributed by atoms with Crippen LogP contribution in [0.4, 0.5) is 0 Å². The first kappa shape index (κ1) is 15.2. The number of hydrogen-bond donors (Lipinski definition) is 2. The van der Waals surface area contributed by atoms with E-state index in [4.69, 9.17) is 9.94 Å². The molecule has 0 atom stereocenters. The van der Waals surface area contributed by atoms with Gasteiger partial charge < -0.3 is 20.7 Å². The normalized spacial score (nSPS) is 19.6. The molecule has 0 bridgehead atoms. The molecule has 0 spiro atoms. The number of carbonyl (C=O) groups excluding carboxylic acids is 1. The van der Waals surface area contributed by atoms with Crippen molar-refractivity contribution in [2.75, 3.05) is 19.8 Å². The Morgan fingerprint density at radius 1 is 1.57 bits per heavy atom. The van der Waals surface area contributed by atoms with Crippen molar-refractivity contribution in [3.63, 3.8) is 0 Å². The van der Waals surface area contributed by atoms with Gasteiger partial charge >= 0.3 is 58.2 Å². The zero-order valence-electron chi connectivity index (χ0n) is 8.75. The first-order valence-corrected chi connectivity index (χ1v) is 4.47. The molecule has 1 saturated heterocycles. The zero-order valence-corrected chi connectivity index (χ0v) is 13.7. The van der Waals surface area contributed by atoms with Gasteiger partial charge in [0.2, 0.25) is 5.91 Å². The summed E-state index contributed by atoms with van der Waals surface area (Å²) in [5.74, 6) is -0.208. The van der Waals surface area contributed by atoms with E-state index < -0.39 is 5.54 Å². The van der Waals surface area contributed by atoms with E-state index >= 15 is 0 Å². The van der Waals surface area contributed by atoms with Crippen molar-refractivity contribution < 1.29 is 72.9 Å². The third-order valence-corrected chi connectivity index (χ3v) is 2.27. The van der Waals surface area contributed by atoms with Crippen molar-refractivity contribution in [3.05, 3.63) is 5.48 Å². The molecule has 0 aliphatic carbocycles. The first-order valence-electron chi connectivity index (χ1n) is 4.47. The van der Waals surface area contributed by atoms with Gasteiger partial charge in [-0.3, -0.25) is 4.79 Å². The second kappa shape index (κ2) is 7.43. The molecule has 1 heterocycles. The van der Waals surface area contributed by atoms with Gasteiger partial charge in [-0.25, -0.2) is 0 Å². The van der Waals surface area contributed by atoms with Crippen LogP contribution in [0.1, 0.15) is 19.8 Å². The Morgan fingerprint density at radius 2 is 2.14 bits per heavy atom. The average molecular weight is 273 g/mol. The number of ether oxygens (including phenoxy) is 1. The Morgan fingerprint density at radius 3 is 2.57 bits per heavy atom. The van der Waals surface area contributed by atoms with E-state index in [1.165, 1.54) is 0 Å². The first-order chi connectivity index (χ1) is 6.25. The summed E-state index contributed by atoms with van der Waals surface area (Å²) in [5, 5.41) is 11.5. The molecule has 0 aromatic carbocycles. The number of amides is 1. The van der Waals surface area contributed by atoms with Crippen LogP contribution in [-0.4, -0.2) is 36.4 Å². The number of nitrogens with one attached hydrogen (secondary N) is 1.